The van der Waals surface area contributed by atoms with Crippen LogP contribution in [0.4, 0.5) is 0 Å². The van der Waals surface area contributed by atoms with E-state index in [9.17, 15) is 4.79 Å². The number of hydrogen-bond donors (Lipinski definition) is 0. The van der Waals surface area contributed by atoms with E-state index in [0.29, 0.717) is 6.54 Å². The van der Waals surface area contributed by atoms with Crippen LogP contribution in [0.3, 0.4) is 0 Å². The molecule has 1 aliphatic rings. The fourth-order valence-electron chi connectivity index (χ4n) is 1.97. The van der Waals surface area contributed by atoms with Crippen molar-refractivity contribution in [1.29, 1.82) is 0 Å². The monoisotopic (exact) mass is 301 g/mol. The molecule has 0 unspecified atom stereocenters. The molecule has 0 N–H and O–H groups in total. The first-order chi connectivity index (χ1) is 7.65. The lowest BCUT2D eigenvalue weighted by Gasteiger charge is -2.29. The minimum Gasteiger partial charge on any atom is -0.299 e. The Hall–Kier alpha value is -0.190. The molecule has 2 nitrogen and oxygen atoms in total. The number of halogens is 1. The fourth-order valence-corrected chi connectivity index (χ4v) is 3.28. The Morgan fingerprint density at radius 3 is 2.81 bits per heavy atom. The largest absolute Gasteiger partial charge is 0.299 e. The van der Waals surface area contributed by atoms with E-state index < -0.39 is 0 Å². The number of hydrogen-bond acceptors (Lipinski definition) is 3. The molecule has 0 aliphatic heterocycles. The standard InChI is InChI=1S/C12H16BrNOS/c1-14(7-9-3-2-4-9)8-10(15)11-5-6-12(13)16-11/h5-6,9H,2-4,7-8H2,1H3. The first-order valence-corrected chi connectivity index (χ1v) is 7.23. The van der Waals surface area contributed by atoms with Crippen LogP contribution in [0, 0.1) is 5.92 Å². The molecule has 0 spiro atoms. The molecule has 0 radical (unpaired) electrons. The minimum absolute atomic E-state index is 0.234. The Morgan fingerprint density at radius 2 is 2.31 bits per heavy atom. The molecule has 1 aromatic heterocycles. The van der Waals surface area contributed by atoms with Crippen molar-refractivity contribution in [2.24, 2.45) is 5.92 Å². The second-order valence-corrected chi connectivity index (χ2v) is 6.98. The first kappa shape index (κ1) is 12.3. The lowest BCUT2D eigenvalue weighted by molar-refractivity contribution is 0.0929. The first-order valence-electron chi connectivity index (χ1n) is 5.62. The molecule has 0 bridgehead atoms. The molecule has 0 amide bonds. The van der Waals surface area contributed by atoms with Crippen LogP contribution in [0.15, 0.2) is 15.9 Å². The van der Waals surface area contributed by atoms with E-state index in [2.05, 4.69) is 20.8 Å². The molecule has 1 aromatic rings. The minimum atomic E-state index is 0.234. The second kappa shape index (κ2) is 5.43. The maximum Gasteiger partial charge on any atom is 0.186 e. The van der Waals surface area contributed by atoms with E-state index in [1.165, 1.54) is 30.6 Å². The van der Waals surface area contributed by atoms with Gasteiger partial charge >= 0.3 is 0 Å². The van der Waals surface area contributed by atoms with E-state index >= 15 is 0 Å². The van der Waals surface area contributed by atoms with Crippen molar-refractivity contribution >= 4 is 33.0 Å². The van der Waals surface area contributed by atoms with Crippen LogP contribution >= 0.6 is 27.3 Å². The molecule has 16 heavy (non-hydrogen) atoms. The Bertz CT molecular complexity index is 373. The summed E-state index contributed by atoms with van der Waals surface area (Å²) in [7, 11) is 2.04. The van der Waals surface area contributed by atoms with Crippen molar-refractivity contribution in [2.75, 3.05) is 20.1 Å². The van der Waals surface area contributed by atoms with Gasteiger partial charge in [-0.2, -0.15) is 0 Å². The SMILES string of the molecule is CN(CC(=O)c1ccc(Br)s1)CC1CCC1. The molecule has 2 rings (SSSR count). The number of Topliss-reactive ketones (excluding diaryl/α,β-unsaturated/α-hetero) is 1. The number of ketones is 1. The third kappa shape index (κ3) is 3.15. The van der Waals surface area contributed by atoms with Gasteiger partial charge in [-0.25, -0.2) is 0 Å². The maximum atomic E-state index is 11.9. The van der Waals surface area contributed by atoms with Gasteiger partial charge in [0.25, 0.3) is 0 Å². The van der Waals surface area contributed by atoms with Gasteiger partial charge in [0.05, 0.1) is 15.2 Å². The highest BCUT2D eigenvalue weighted by atomic mass is 79.9. The van der Waals surface area contributed by atoms with Gasteiger partial charge in [0.2, 0.25) is 0 Å². The second-order valence-electron chi connectivity index (χ2n) is 4.52. The predicted octanol–water partition coefficient (Wildman–Crippen LogP) is 3.43. The van der Waals surface area contributed by atoms with Crippen LogP contribution in [0.5, 0.6) is 0 Å². The van der Waals surface area contributed by atoms with Crippen LogP contribution in [0.1, 0.15) is 28.9 Å². The Labute approximate surface area is 109 Å². The van der Waals surface area contributed by atoms with E-state index in [1.54, 1.807) is 0 Å². The zero-order chi connectivity index (χ0) is 11.5. The zero-order valence-corrected chi connectivity index (χ0v) is 11.8. The van der Waals surface area contributed by atoms with Gasteiger partial charge in [-0.05, 0) is 53.9 Å². The van der Waals surface area contributed by atoms with Crippen molar-refractivity contribution in [3.8, 4) is 0 Å². The highest BCUT2D eigenvalue weighted by Gasteiger charge is 2.20. The van der Waals surface area contributed by atoms with E-state index in [0.717, 1.165) is 21.1 Å². The van der Waals surface area contributed by atoms with Crippen molar-refractivity contribution in [2.45, 2.75) is 19.3 Å². The predicted molar refractivity (Wildman–Crippen MR) is 71.2 cm³/mol. The summed E-state index contributed by atoms with van der Waals surface area (Å²) < 4.78 is 1.03. The number of carbonyl (C=O) groups is 1. The molecule has 1 heterocycles. The molecule has 1 saturated carbocycles. The maximum absolute atomic E-state index is 11.9. The van der Waals surface area contributed by atoms with Crippen LogP contribution < -0.4 is 0 Å². The normalized spacial score (nSPS) is 16.4. The molecule has 4 heteroatoms. The summed E-state index contributed by atoms with van der Waals surface area (Å²) in [5.41, 5.74) is 0. The van der Waals surface area contributed by atoms with Crippen molar-refractivity contribution in [1.82, 2.24) is 4.90 Å². The van der Waals surface area contributed by atoms with Gasteiger partial charge < -0.3 is 0 Å². The Kier molecular flexibility index (Phi) is 4.16. The Morgan fingerprint density at radius 1 is 1.56 bits per heavy atom. The number of rotatable bonds is 5. The van der Waals surface area contributed by atoms with Crippen LogP contribution in [0.2, 0.25) is 0 Å². The molecular formula is C12H16BrNOS. The average molecular weight is 302 g/mol. The average Bonchev–Trinajstić information content (AvgIpc) is 2.58. The summed E-state index contributed by atoms with van der Waals surface area (Å²) in [6.45, 7) is 1.61. The molecule has 0 aromatic carbocycles. The number of thiophene rings is 1. The van der Waals surface area contributed by atoms with E-state index in [1.807, 2.05) is 19.2 Å². The topological polar surface area (TPSA) is 20.3 Å². The van der Waals surface area contributed by atoms with Crippen molar-refractivity contribution in [3.05, 3.63) is 20.8 Å². The summed E-state index contributed by atoms with van der Waals surface area (Å²) >= 11 is 4.90. The highest BCUT2D eigenvalue weighted by Crippen LogP contribution is 2.27. The fraction of sp³-hybridized carbons (Fsp3) is 0.583. The molecule has 88 valence electrons. The molecular weight excluding hydrogens is 286 g/mol. The van der Waals surface area contributed by atoms with E-state index in [4.69, 9.17) is 0 Å². The van der Waals surface area contributed by atoms with Gasteiger partial charge in [-0.15, -0.1) is 11.3 Å². The van der Waals surface area contributed by atoms with Crippen molar-refractivity contribution in [3.63, 3.8) is 0 Å². The van der Waals surface area contributed by atoms with Gasteiger partial charge in [0.15, 0.2) is 5.78 Å². The Balaban J connectivity index is 1.81. The van der Waals surface area contributed by atoms with Gasteiger partial charge in [0, 0.05) is 6.54 Å². The molecule has 1 fully saturated rings. The lowest BCUT2D eigenvalue weighted by atomic mass is 9.85. The van der Waals surface area contributed by atoms with Crippen LogP contribution in [-0.2, 0) is 0 Å². The smallest absolute Gasteiger partial charge is 0.186 e. The van der Waals surface area contributed by atoms with Crippen molar-refractivity contribution < 1.29 is 4.79 Å². The highest BCUT2D eigenvalue weighted by molar-refractivity contribution is 9.11. The third-order valence-electron chi connectivity index (χ3n) is 3.06. The summed E-state index contributed by atoms with van der Waals surface area (Å²) in [6.07, 6.45) is 4.04. The third-order valence-corrected chi connectivity index (χ3v) is 4.72. The zero-order valence-electron chi connectivity index (χ0n) is 9.41. The van der Waals surface area contributed by atoms with Gasteiger partial charge in [-0.3, -0.25) is 9.69 Å². The summed E-state index contributed by atoms with van der Waals surface area (Å²) in [5.74, 6) is 1.06. The summed E-state index contributed by atoms with van der Waals surface area (Å²) in [4.78, 5) is 14.9. The quantitative estimate of drug-likeness (QED) is 0.777. The molecule has 0 atom stereocenters. The molecule has 0 saturated heterocycles. The number of likely N-dealkylation sites (N-methyl/N-ethyl adjacent to an activating group) is 1. The van der Waals surface area contributed by atoms with E-state index in [-0.39, 0.29) is 5.78 Å². The summed E-state index contributed by atoms with van der Waals surface area (Å²) in [6, 6.07) is 3.83. The van der Waals surface area contributed by atoms with Crippen LogP contribution in [0.25, 0.3) is 0 Å². The van der Waals surface area contributed by atoms with Gasteiger partial charge in [-0.1, -0.05) is 6.42 Å². The number of nitrogens with zero attached hydrogens (tertiary/aromatic N) is 1. The summed E-state index contributed by atoms with van der Waals surface area (Å²) in [5, 5.41) is 0. The lowest BCUT2D eigenvalue weighted by Crippen LogP contribution is -2.33. The molecule has 1 aliphatic carbocycles. The van der Waals surface area contributed by atoms with Crippen LogP contribution in [-0.4, -0.2) is 30.8 Å². The van der Waals surface area contributed by atoms with Gasteiger partial charge in [0.1, 0.15) is 0 Å². The number of carbonyl (C=O) groups excluding carboxylic acids is 1.